The number of benzene rings is 1. The van der Waals surface area contributed by atoms with Crippen molar-refractivity contribution < 1.29 is 13.0 Å². The molecule has 12 heavy (non-hydrogen) atoms. The molecule has 0 heterocycles. The zero-order valence-corrected chi connectivity index (χ0v) is 10.7. The summed E-state index contributed by atoms with van der Waals surface area (Å²) >= 11 is 0. The molecule has 1 N–H and O–H groups in total. The van der Waals surface area contributed by atoms with E-state index in [1.165, 1.54) is 12.1 Å². The number of rotatable bonds is 1. The van der Waals surface area contributed by atoms with Crippen LogP contribution in [0.5, 0.6) is 0 Å². The summed E-state index contributed by atoms with van der Waals surface area (Å²) in [5.41, 5.74) is 0.956. The minimum Gasteiger partial charge on any atom is -0.282 e. The second kappa shape index (κ2) is 4.30. The van der Waals surface area contributed by atoms with Crippen LogP contribution in [-0.2, 0) is 10.1 Å². The number of hydrogen-bond acceptors (Lipinski definition) is 2. The van der Waals surface area contributed by atoms with Crippen molar-refractivity contribution in [2.45, 2.75) is 11.8 Å². The Hall–Kier alpha value is 0.000130. The van der Waals surface area contributed by atoms with E-state index in [9.17, 15) is 8.42 Å². The Kier molecular flexibility index (Phi) is 4.30. The normalized spacial score (nSPS) is 10.5. The van der Waals surface area contributed by atoms with Crippen LogP contribution in [0.3, 0.4) is 0 Å². The van der Waals surface area contributed by atoms with E-state index < -0.39 is 10.1 Å². The summed E-state index contributed by atoms with van der Waals surface area (Å²) in [5.74, 6) is 0. The SMILES string of the molecule is Cc1ccc(S(=O)(=O)O)cc1.[In]. The molecule has 3 nitrogen and oxygen atoms in total. The molecule has 1 aromatic rings. The third-order valence-corrected chi connectivity index (χ3v) is 2.19. The molecule has 5 heteroatoms. The third kappa shape index (κ3) is 3.16. The summed E-state index contributed by atoms with van der Waals surface area (Å²) in [6, 6.07) is 5.99. The Labute approximate surface area is 90.3 Å². The maximum Gasteiger partial charge on any atom is 0.294 e. The molecule has 0 saturated carbocycles. The van der Waals surface area contributed by atoms with Crippen LogP contribution in [0.25, 0.3) is 0 Å². The number of hydrogen-bond donors (Lipinski definition) is 1. The van der Waals surface area contributed by atoms with Gasteiger partial charge in [0.2, 0.25) is 0 Å². The average molecular weight is 287 g/mol. The molecule has 0 fully saturated rings. The van der Waals surface area contributed by atoms with Crippen molar-refractivity contribution >= 4 is 36.0 Å². The van der Waals surface area contributed by atoms with Crippen LogP contribution in [0.4, 0.5) is 0 Å². The smallest absolute Gasteiger partial charge is 0.282 e. The molecule has 0 aliphatic rings. The monoisotopic (exact) mass is 287 g/mol. The van der Waals surface area contributed by atoms with Crippen molar-refractivity contribution in [3.8, 4) is 0 Å². The van der Waals surface area contributed by atoms with E-state index in [0.29, 0.717) is 0 Å². The summed E-state index contributed by atoms with van der Waals surface area (Å²) in [6.07, 6.45) is 0. The van der Waals surface area contributed by atoms with Crippen molar-refractivity contribution in [2.24, 2.45) is 0 Å². The summed E-state index contributed by atoms with van der Waals surface area (Å²) in [4.78, 5) is -0.0666. The Balaban J connectivity index is 0.00000121. The summed E-state index contributed by atoms with van der Waals surface area (Å²) in [5, 5.41) is 0. The van der Waals surface area contributed by atoms with Gasteiger partial charge in [0.05, 0.1) is 4.90 Å². The van der Waals surface area contributed by atoms with Crippen molar-refractivity contribution in [1.29, 1.82) is 0 Å². The van der Waals surface area contributed by atoms with E-state index in [1.807, 2.05) is 6.92 Å². The van der Waals surface area contributed by atoms with E-state index in [-0.39, 0.29) is 30.7 Å². The van der Waals surface area contributed by atoms with Gasteiger partial charge in [-0.25, -0.2) is 0 Å². The first-order valence-corrected chi connectivity index (χ1v) is 4.48. The molecule has 1 rings (SSSR count). The van der Waals surface area contributed by atoms with Gasteiger partial charge in [-0.3, -0.25) is 4.55 Å². The first-order valence-electron chi connectivity index (χ1n) is 3.04. The maximum absolute atomic E-state index is 10.5. The summed E-state index contributed by atoms with van der Waals surface area (Å²) in [7, 11) is -4.02. The van der Waals surface area contributed by atoms with Crippen molar-refractivity contribution in [1.82, 2.24) is 0 Å². The van der Waals surface area contributed by atoms with Gasteiger partial charge in [0.25, 0.3) is 10.1 Å². The average Bonchev–Trinajstić information content (AvgIpc) is 1.86. The molecular weight excluding hydrogens is 279 g/mol. The molecule has 0 aliphatic carbocycles. The largest absolute Gasteiger partial charge is 0.294 e. The van der Waals surface area contributed by atoms with Gasteiger partial charge in [0.15, 0.2) is 0 Å². The molecule has 0 unspecified atom stereocenters. The Morgan fingerprint density at radius 3 is 1.92 bits per heavy atom. The standard InChI is InChI=1S/C7H8O3S.In/c1-6-2-4-7(5-3-6)11(8,9)10;/h2-5H,1H3,(H,8,9,10);. The maximum atomic E-state index is 10.5. The molecule has 0 amide bonds. The summed E-state index contributed by atoms with van der Waals surface area (Å²) < 4.78 is 29.6. The van der Waals surface area contributed by atoms with Crippen LogP contribution in [-0.4, -0.2) is 38.8 Å². The molecular formula is C7H8InO3S. The van der Waals surface area contributed by atoms with Gasteiger partial charge < -0.3 is 0 Å². The quantitative estimate of drug-likeness (QED) is 0.779. The molecule has 1 aromatic carbocycles. The fraction of sp³-hybridized carbons (Fsp3) is 0.143. The minimum absolute atomic E-state index is 0. The van der Waals surface area contributed by atoms with Crippen molar-refractivity contribution in [2.75, 3.05) is 0 Å². The van der Waals surface area contributed by atoms with Gasteiger partial charge in [-0.2, -0.15) is 8.42 Å². The van der Waals surface area contributed by atoms with E-state index in [1.54, 1.807) is 12.1 Å². The molecule has 0 spiro atoms. The van der Waals surface area contributed by atoms with Gasteiger partial charge in [0, 0.05) is 25.8 Å². The van der Waals surface area contributed by atoms with E-state index in [4.69, 9.17) is 4.55 Å². The minimum atomic E-state index is -4.02. The number of aryl methyl sites for hydroxylation is 1. The molecule has 3 radical (unpaired) electrons. The first-order chi connectivity index (χ1) is 5.00. The third-order valence-electron chi connectivity index (χ3n) is 1.32. The fourth-order valence-electron chi connectivity index (χ4n) is 0.710. The Morgan fingerprint density at radius 2 is 1.58 bits per heavy atom. The molecule has 0 aromatic heterocycles. The second-order valence-electron chi connectivity index (χ2n) is 2.29. The summed E-state index contributed by atoms with van der Waals surface area (Å²) in [6.45, 7) is 1.84. The molecule has 0 bridgehead atoms. The molecule has 63 valence electrons. The van der Waals surface area contributed by atoms with Crippen LogP contribution in [0.1, 0.15) is 5.56 Å². The molecule has 0 saturated heterocycles. The van der Waals surface area contributed by atoms with Gasteiger partial charge in [-0.05, 0) is 19.1 Å². The predicted octanol–water partition coefficient (Wildman–Crippen LogP) is 0.861. The van der Waals surface area contributed by atoms with Crippen LogP contribution < -0.4 is 0 Å². The zero-order valence-electron chi connectivity index (χ0n) is 6.56. The van der Waals surface area contributed by atoms with Gasteiger partial charge in [0.1, 0.15) is 0 Å². The topological polar surface area (TPSA) is 54.4 Å². The molecule has 0 aliphatic heterocycles. The van der Waals surface area contributed by atoms with Crippen LogP contribution >= 0.6 is 0 Å². The van der Waals surface area contributed by atoms with Crippen LogP contribution in [0.15, 0.2) is 29.2 Å². The van der Waals surface area contributed by atoms with Crippen LogP contribution in [0, 0.1) is 6.92 Å². The Bertz CT molecular complexity index is 341. The van der Waals surface area contributed by atoms with E-state index in [0.717, 1.165) is 5.56 Å². The van der Waals surface area contributed by atoms with Gasteiger partial charge in [-0.1, -0.05) is 17.7 Å². The Morgan fingerprint density at radius 1 is 1.17 bits per heavy atom. The fourth-order valence-corrected chi connectivity index (χ4v) is 1.19. The van der Waals surface area contributed by atoms with Crippen molar-refractivity contribution in [3.63, 3.8) is 0 Å². The van der Waals surface area contributed by atoms with Gasteiger partial charge in [-0.15, -0.1) is 0 Å². The molecule has 0 atom stereocenters. The zero-order chi connectivity index (χ0) is 8.48. The second-order valence-corrected chi connectivity index (χ2v) is 3.71. The van der Waals surface area contributed by atoms with Gasteiger partial charge >= 0.3 is 0 Å². The van der Waals surface area contributed by atoms with E-state index in [2.05, 4.69) is 0 Å². The van der Waals surface area contributed by atoms with Crippen molar-refractivity contribution in [3.05, 3.63) is 29.8 Å². The van der Waals surface area contributed by atoms with E-state index >= 15 is 0 Å². The van der Waals surface area contributed by atoms with Crippen LogP contribution in [0.2, 0.25) is 0 Å². The predicted molar refractivity (Wildman–Crippen MR) is 46.7 cm³/mol. The first kappa shape index (κ1) is 12.0.